The molecule has 2 aliphatic rings. The van der Waals surface area contributed by atoms with Gasteiger partial charge in [0.05, 0.1) is 11.4 Å². The van der Waals surface area contributed by atoms with E-state index in [0.717, 1.165) is 10.7 Å². The standard InChI is InChI=1S/C17H24N4O4S/c1-17(11-18)6-8-20(12-17)16(23)13-2-4-14(5-3-13)26(24,25)21-9-7-19-15(22)10-21/h2-5H,6-12,18H2,1H3,(H,19,22). The van der Waals surface area contributed by atoms with E-state index in [9.17, 15) is 18.0 Å². The number of rotatable bonds is 4. The fourth-order valence-electron chi connectivity index (χ4n) is 3.29. The predicted octanol–water partition coefficient (Wildman–Crippen LogP) is -0.382. The van der Waals surface area contributed by atoms with E-state index >= 15 is 0 Å². The van der Waals surface area contributed by atoms with Gasteiger partial charge in [0.15, 0.2) is 0 Å². The van der Waals surface area contributed by atoms with Crippen LogP contribution < -0.4 is 11.1 Å². The minimum atomic E-state index is -3.75. The lowest BCUT2D eigenvalue weighted by atomic mass is 9.90. The summed E-state index contributed by atoms with van der Waals surface area (Å²) in [7, 11) is -3.75. The molecule has 8 nitrogen and oxygen atoms in total. The van der Waals surface area contributed by atoms with Crippen LogP contribution in [0.2, 0.25) is 0 Å². The van der Waals surface area contributed by atoms with Gasteiger partial charge in [-0.05, 0) is 42.6 Å². The van der Waals surface area contributed by atoms with Crippen molar-refractivity contribution >= 4 is 21.8 Å². The number of nitrogens with zero attached hydrogens (tertiary/aromatic N) is 2. The molecule has 26 heavy (non-hydrogen) atoms. The minimum Gasteiger partial charge on any atom is -0.354 e. The van der Waals surface area contributed by atoms with Gasteiger partial charge in [-0.2, -0.15) is 4.31 Å². The first-order chi connectivity index (χ1) is 12.2. The molecule has 1 aromatic carbocycles. The average Bonchev–Trinajstić information content (AvgIpc) is 3.04. The second-order valence-electron chi connectivity index (χ2n) is 7.20. The maximum Gasteiger partial charge on any atom is 0.253 e. The number of hydrogen-bond donors (Lipinski definition) is 2. The molecule has 0 radical (unpaired) electrons. The van der Waals surface area contributed by atoms with Gasteiger partial charge in [0.25, 0.3) is 5.91 Å². The zero-order valence-corrected chi connectivity index (χ0v) is 15.6. The first-order valence-electron chi connectivity index (χ1n) is 8.61. The Labute approximate surface area is 153 Å². The number of carbonyl (C=O) groups excluding carboxylic acids is 2. The van der Waals surface area contributed by atoms with Gasteiger partial charge in [-0.3, -0.25) is 9.59 Å². The summed E-state index contributed by atoms with van der Waals surface area (Å²) in [6, 6.07) is 5.90. The number of carbonyl (C=O) groups is 2. The molecule has 2 aliphatic heterocycles. The Morgan fingerprint density at radius 1 is 1.27 bits per heavy atom. The molecule has 142 valence electrons. The molecule has 2 saturated heterocycles. The van der Waals surface area contributed by atoms with E-state index in [1.165, 1.54) is 24.3 Å². The van der Waals surface area contributed by atoms with Crippen molar-refractivity contribution in [2.75, 3.05) is 39.3 Å². The van der Waals surface area contributed by atoms with Crippen LogP contribution in [-0.2, 0) is 14.8 Å². The Hall–Kier alpha value is -1.97. The number of amides is 2. The molecule has 0 saturated carbocycles. The number of likely N-dealkylation sites (tertiary alicyclic amines) is 1. The molecule has 2 amide bonds. The molecule has 0 aromatic heterocycles. The van der Waals surface area contributed by atoms with Crippen LogP contribution >= 0.6 is 0 Å². The highest BCUT2D eigenvalue weighted by atomic mass is 32.2. The quantitative estimate of drug-likeness (QED) is 0.739. The predicted molar refractivity (Wildman–Crippen MR) is 95.9 cm³/mol. The molecule has 2 heterocycles. The van der Waals surface area contributed by atoms with E-state index in [1.54, 1.807) is 4.90 Å². The summed E-state index contributed by atoms with van der Waals surface area (Å²) >= 11 is 0. The normalized spacial score (nSPS) is 24.5. The van der Waals surface area contributed by atoms with Crippen LogP contribution in [-0.4, -0.2) is 68.7 Å². The number of nitrogens with two attached hydrogens (primary N) is 1. The van der Waals surface area contributed by atoms with E-state index in [0.29, 0.717) is 31.7 Å². The van der Waals surface area contributed by atoms with Gasteiger partial charge >= 0.3 is 0 Å². The second-order valence-corrected chi connectivity index (χ2v) is 9.14. The molecule has 9 heteroatoms. The highest BCUT2D eigenvalue weighted by Gasteiger charge is 2.35. The molecule has 2 fully saturated rings. The maximum absolute atomic E-state index is 12.6. The van der Waals surface area contributed by atoms with Gasteiger partial charge in [-0.15, -0.1) is 0 Å². The third-order valence-corrected chi connectivity index (χ3v) is 6.94. The number of nitrogens with one attached hydrogen (secondary N) is 1. The molecular weight excluding hydrogens is 356 g/mol. The van der Waals surface area contributed by atoms with E-state index in [2.05, 4.69) is 12.2 Å². The Bertz CT molecular complexity index is 809. The van der Waals surface area contributed by atoms with Crippen molar-refractivity contribution in [2.24, 2.45) is 11.1 Å². The summed E-state index contributed by atoms with van der Waals surface area (Å²) in [5.74, 6) is -0.438. The molecule has 1 atom stereocenters. The topological polar surface area (TPSA) is 113 Å². The Morgan fingerprint density at radius 2 is 1.96 bits per heavy atom. The average molecular weight is 380 g/mol. The molecule has 1 aromatic rings. The van der Waals surface area contributed by atoms with Crippen molar-refractivity contribution in [3.63, 3.8) is 0 Å². The first-order valence-corrected chi connectivity index (χ1v) is 10.1. The maximum atomic E-state index is 12.6. The van der Waals surface area contributed by atoms with Crippen LogP contribution in [0.15, 0.2) is 29.2 Å². The lowest BCUT2D eigenvalue weighted by molar-refractivity contribution is -0.122. The molecular formula is C17H24N4O4S. The van der Waals surface area contributed by atoms with Gasteiger partial charge in [-0.25, -0.2) is 8.42 Å². The van der Waals surface area contributed by atoms with Gasteiger partial charge in [0.1, 0.15) is 0 Å². The molecule has 0 bridgehead atoms. The van der Waals surface area contributed by atoms with Crippen LogP contribution in [0.5, 0.6) is 0 Å². The number of piperazine rings is 1. The zero-order valence-electron chi connectivity index (χ0n) is 14.8. The fourth-order valence-corrected chi connectivity index (χ4v) is 4.68. The number of sulfonamides is 1. The molecule has 3 rings (SSSR count). The van der Waals surface area contributed by atoms with Crippen molar-refractivity contribution in [2.45, 2.75) is 18.2 Å². The Kier molecular flexibility index (Phi) is 5.05. The fraction of sp³-hybridized carbons (Fsp3) is 0.529. The summed E-state index contributed by atoms with van der Waals surface area (Å²) in [6.45, 7) is 4.18. The number of benzene rings is 1. The van der Waals surface area contributed by atoms with Gasteiger partial charge in [0, 0.05) is 31.7 Å². The van der Waals surface area contributed by atoms with Crippen molar-refractivity contribution < 1.29 is 18.0 Å². The summed E-state index contributed by atoms with van der Waals surface area (Å²) in [4.78, 5) is 25.9. The Morgan fingerprint density at radius 3 is 2.54 bits per heavy atom. The van der Waals surface area contributed by atoms with Crippen molar-refractivity contribution in [3.05, 3.63) is 29.8 Å². The van der Waals surface area contributed by atoms with Crippen LogP contribution in [0.3, 0.4) is 0 Å². The lowest BCUT2D eigenvalue weighted by Gasteiger charge is -2.26. The van der Waals surface area contributed by atoms with Gasteiger partial charge in [0.2, 0.25) is 15.9 Å². The van der Waals surface area contributed by atoms with E-state index in [4.69, 9.17) is 5.73 Å². The van der Waals surface area contributed by atoms with E-state index in [1.807, 2.05) is 0 Å². The highest BCUT2D eigenvalue weighted by Crippen LogP contribution is 2.29. The lowest BCUT2D eigenvalue weighted by Crippen LogP contribution is -2.49. The molecule has 0 spiro atoms. The van der Waals surface area contributed by atoms with E-state index < -0.39 is 10.0 Å². The Balaban J connectivity index is 1.74. The largest absolute Gasteiger partial charge is 0.354 e. The summed E-state index contributed by atoms with van der Waals surface area (Å²) in [6.07, 6.45) is 0.860. The third kappa shape index (κ3) is 3.60. The van der Waals surface area contributed by atoms with Gasteiger partial charge in [-0.1, -0.05) is 6.92 Å². The van der Waals surface area contributed by atoms with Crippen LogP contribution in [0.4, 0.5) is 0 Å². The summed E-state index contributed by atoms with van der Waals surface area (Å²) in [5, 5.41) is 2.60. The molecule has 3 N–H and O–H groups in total. The van der Waals surface area contributed by atoms with E-state index in [-0.39, 0.29) is 35.2 Å². The van der Waals surface area contributed by atoms with Crippen molar-refractivity contribution in [1.29, 1.82) is 0 Å². The zero-order chi connectivity index (χ0) is 18.9. The summed E-state index contributed by atoms with van der Waals surface area (Å²) < 4.78 is 26.4. The van der Waals surface area contributed by atoms with Crippen LogP contribution in [0, 0.1) is 5.41 Å². The highest BCUT2D eigenvalue weighted by molar-refractivity contribution is 7.89. The molecule has 1 unspecified atom stereocenters. The van der Waals surface area contributed by atoms with Gasteiger partial charge < -0.3 is 16.0 Å². The van der Waals surface area contributed by atoms with Crippen LogP contribution in [0.25, 0.3) is 0 Å². The smallest absolute Gasteiger partial charge is 0.253 e. The van der Waals surface area contributed by atoms with Crippen LogP contribution in [0.1, 0.15) is 23.7 Å². The second kappa shape index (κ2) is 6.98. The first kappa shape index (κ1) is 18.8. The van der Waals surface area contributed by atoms with Crippen molar-refractivity contribution in [3.8, 4) is 0 Å². The SMILES string of the molecule is CC1(CN)CCN(C(=O)c2ccc(S(=O)(=O)N3CCNC(=O)C3)cc2)C1. The minimum absolute atomic E-state index is 0.0617. The van der Waals surface area contributed by atoms with Crippen molar-refractivity contribution in [1.82, 2.24) is 14.5 Å². The molecule has 0 aliphatic carbocycles. The summed E-state index contributed by atoms with van der Waals surface area (Å²) in [5.41, 5.74) is 6.16. The monoisotopic (exact) mass is 380 g/mol. The third-order valence-electron chi connectivity index (χ3n) is 5.08. The number of hydrogen-bond acceptors (Lipinski definition) is 5.